The van der Waals surface area contributed by atoms with Gasteiger partial charge in [0.1, 0.15) is 0 Å². The number of aryl methyl sites for hydroxylation is 1. The fourth-order valence-corrected chi connectivity index (χ4v) is 3.47. The molecule has 1 saturated heterocycles. The van der Waals surface area contributed by atoms with Gasteiger partial charge in [-0.2, -0.15) is 5.10 Å². The maximum atomic E-state index is 4.71. The molecule has 1 fully saturated rings. The summed E-state index contributed by atoms with van der Waals surface area (Å²) in [6.45, 7) is 8.76. The van der Waals surface area contributed by atoms with Gasteiger partial charge in [-0.25, -0.2) is 9.67 Å². The van der Waals surface area contributed by atoms with Gasteiger partial charge in [0.15, 0.2) is 5.82 Å². The molecule has 0 atom stereocenters. The summed E-state index contributed by atoms with van der Waals surface area (Å²) in [5.41, 5.74) is 3.67. The summed E-state index contributed by atoms with van der Waals surface area (Å²) in [5, 5.41) is 8.01. The van der Waals surface area contributed by atoms with Crippen LogP contribution in [0.2, 0.25) is 0 Å². The number of rotatable bonds is 5. The third kappa shape index (κ3) is 3.62. The highest BCUT2D eigenvalue weighted by molar-refractivity contribution is 5.32. The van der Waals surface area contributed by atoms with Crippen LogP contribution in [0.5, 0.6) is 0 Å². The van der Waals surface area contributed by atoms with Crippen molar-refractivity contribution in [2.45, 2.75) is 33.2 Å². The lowest BCUT2D eigenvalue weighted by molar-refractivity contribution is 0.176. The van der Waals surface area contributed by atoms with Gasteiger partial charge >= 0.3 is 0 Å². The minimum absolute atomic E-state index is 0.828. The molecule has 5 nitrogen and oxygen atoms in total. The molecule has 23 heavy (non-hydrogen) atoms. The molecule has 0 aliphatic carbocycles. The highest BCUT2D eigenvalue weighted by atomic mass is 15.3. The van der Waals surface area contributed by atoms with Crippen molar-refractivity contribution < 1.29 is 0 Å². The van der Waals surface area contributed by atoms with Crippen molar-refractivity contribution in [1.29, 1.82) is 0 Å². The Morgan fingerprint density at radius 2 is 2.00 bits per heavy atom. The van der Waals surface area contributed by atoms with Gasteiger partial charge in [-0.1, -0.05) is 6.07 Å². The number of hydrogen-bond acceptors (Lipinski definition) is 4. The van der Waals surface area contributed by atoms with Crippen LogP contribution in [0.15, 0.2) is 24.4 Å². The van der Waals surface area contributed by atoms with Crippen molar-refractivity contribution >= 4 is 0 Å². The van der Waals surface area contributed by atoms with E-state index in [0.717, 1.165) is 30.5 Å². The quantitative estimate of drug-likeness (QED) is 0.920. The van der Waals surface area contributed by atoms with Crippen molar-refractivity contribution in [2.24, 2.45) is 5.92 Å². The predicted molar refractivity (Wildman–Crippen MR) is 92.8 cm³/mol. The lowest BCUT2D eigenvalue weighted by Gasteiger charge is -2.31. The lowest BCUT2D eigenvalue weighted by atomic mass is 9.96. The van der Waals surface area contributed by atoms with E-state index in [2.05, 4.69) is 29.0 Å². The molecule has 124 valence electrons. The van der Waals surface area contributed by atoms with Crippen molar-refractivity contribution in [3.05, 3.63) is 41.3 Å². The van der Waals surface area contributed by atoms with Crippen LogP contribution < -0.4 is 5.32 Å². The van der Waals surface area contributed by atoms with Gasteiger partial charge in [0.2, 0.25) is 0 Å². The van der Waals surface area contributed by atoms with E-state index in [-0.39, 0.29) is 0 Å². The number of likely N-dealkylation sites (tertiary alicyclic amines) is 1. The summed E-state index contributed by atoms with van der Waals surface area (Å²) in [6.07, 6.45) is 4.39. The first-order valence-corrected chi connectivity index (χ1v) is 8.52. The normalized spacial score (nSPS) is 16.8. The fraction of sp³-hybridized carbons (Fsp3) is 0.556. The number of aromatic nitrogens is 3. The van der Waals surface area contributed by atoms with E-state index in [1.54, 1.807) is 0 Å². The van der Waals surface area contributed by atoms with Crippen LogP contribution in [-0.2, 0) is 6.54 Å². The molecule has 0 amide bonds. The van der Waals surface area contributed by atoms with Crippen LogP contribution in [0.4, 0.5) is 0 Å². The van der Waals surface area contributed by atoms with E-state index >= 15 is 0 Å². The molecular formula is C18H27N5. The molecule has 0 aromatic carbocycles. The largest absolute Gasteiger partial charge is 0.319 e. The monoisotopic (exact) mass is 313 g/mol. The van der Waals surface area contributed by atoms with E-state index in [4.69, 9.17) is 5.10 Å². The second-order valence-electron chi connectivity index (χ2n) is 6.53. The Morgan fingerprint density at radius 1 is 1.22 bits per heavy atom. The SMILES string of the molecule is CNCC1CCN(Cc2c(C)nn(-c3ccccn3)c2C)CC1. The minimum Gasteiger partial charge on any atom is -0.319 e. The molecule has 0 spiro atoms. The second kappa shape index (κ2) is 7.23. The van der Waals surface area contributed by atoms with Crippen molar-refractivity contribution in [3.8, 4) is 5.82 Å². The molecule has 2 aromatic heterocycles. The Hall–Kier alpha value is -1.72. The summed E-state index contributed by atoms with van der Waals surface area (Å²) >= 11 is 0. The first-order chi connectivity index (χ1) is 11.2. The van der Waals surface area contributed by atoms with Crippen molar-refractivity contribution in [1.82, 2.24) is 25.0 Å². The zero-order valence-electron chi connectivity index (χ0n) is 14.4. The summed E-state index contributed by atoms with van der Waals surface area (Å²) in [7, 11) is 2.05. The Labute approximate surface area is 138 Å². The summed E-state index contributed by atoms with van der Waals surface area (Å²) in [4.78, 5) is 6.98. The van der Waals surface area contributed by atoms with Gasteiger partial charge < -0.3 is 5.32 Å². The maximum absolute atomic E-state index is 4.71. The molecule has 0 radical (unpaired) electrons. The first-order valence-electron chi connectivity index (χ1n) is 8.52. The number of hydrogen-bond donors (Lipinski definition) is 1. The Bertz CT molecular complexity index is 626. The fourth-order valence-electron chi connectivity index (χ4n) is 3.47. The summed E-state index contributed by atoms with van der Waals surface area (Å²) < 4.78 is 1.97. The number of piperidine rings is 1. The smallest absolute Gasteiger partial charge is 0.153 e. The van der Waals surface area contributed by atoms with Crippen LogP contribution in [0.25, 0.3) is 5.82 Å². The highest BCUT2D eigenvalue weighted by Crippen LogP contribution is 2.22. The van der Waals surface area contributed by atoms with Gasteiger partial charge in [-0.05, 0) is 71.4 Å². The highest BCUT2D eigenvalue weighted by Gasteiger charge is 2.21. The number of nitrogens with one attached hydrogen (secondary N) is 1. The third-order valence-electron chi connectivity index (χ3n) is 4.89. The Kier molecular flexibility index (Phi) is 5.08. The summed E-state index contributed by atoms with van der Waals surface area (Å²) in [5.74, 6) is 1.72. The van der Waals surface area contributed by atoms with E-state index in [9.17, 15) is 0 Å². The molecule has 0 unspecified atom stereocenters. The standard InChI is InChI=1S/C18H27N5/c1-14-17(13-22-10-7-16(8-11-22)12-19-3)15(2)23(21-14)18-6-4-5-9-20-18/h4-6,9,16,19H,7-8,10-13H2,1-3H3. The molecule has 3 rings (SSSR count). The number of pyridine rings is 1. The van der Waals surface area contributed by atoms with Crippen LogP contribution in [0.1, 0.15) is 29.8 Å². The molecule has 2 aromatic rings. The molecule has 5 heteroatoms. The van der Waals surface area contributed by atoms with Gasteiger partial charge in [0.25, 0.3) is 0 Å². The van der Waals surface area contributed by atoms with E-state index in [1.807, 2.05) is 36.1 Å². The number of nitrogens with zero attached hydrogens (tertiary/aromatic N) is 4. The summed E-state index contributed by atoms with van der Waals surface area (Å²) in [6, 6.07) is 5.95. The van der Waals surface area contributed by atoms with Crippen molar-refractivity contribution in [2.75, 3.05) is 26.7 Å². The maximum Gasteiger partial charge on any atom is 0.153 e. The van der Waals surface area contributed by atoms with Crippen LogP contribution >= 0.6 is 0 Å². The lowest BCUT2D eigenvalue weighted by Crippen LogP contribution is -2.36. The van der Waals surface area contributed by atoms with Crippen LogP contribution in [0.3, 0.4) is 0 Å². The van der Waals surface area contributed by atoms with Gasteiger partial charge in [0.05, 0.1) is 5.69 Å². The molecule has 1 aliphatic heterocycles. The molecule has 0 bridgehead atoms. The first kappa shape index (κ1) is 16.1. The minimum atomic E-state index is 0.828. The molecule has 0 saturated carbocycles. The van der Waals surface area contributed by atoms with Crippen molar-refractivity contribution in [3.63, 3.8) is 0 Å². The van der Waals surface area contributed by atoms with Crippen LogP contribution in [-0.4, -0.2) is 46.3 Å². The van der Waals surface area contributed by atoms with E-state index in [0.29, 0.717) is 0 Å². The molecule has 1 N–H and O–H groups in total. The Morgan fingerprint density at radius 3 is 2.65 bits per heavy atom. The second-order valence-corrected chi connectivity index (χ2v) is 6.53. The van der Waals surface area contributed by atoms with Crippen LogP contribution in [0, 0.1) is 19.8 Å². The molecule has 3 heterocycles. The zero-order valence-corrected chi connectivity index (χ0v) is 14.4. The third-order valence-corrected chi connectivity index (χ3v) is 4.89. The topological polar surface area (TPSA) is 46.0 Å². The molecular weight excluding hydrogens is 286 g/mol. The zero-order chi connectivity index (χ0) is 16.2. The van der Waals surface area contributed by atoms with Gasteiger partial charge in [0, 0.05) is 24.0 Å². The predicted octanol–water partition coefficient (Wildman–Crippen LogP) is 2.32. The molecule has 1 aliphatic rings. The van der Waals surface area contributed by atoms with Gasteiger partial charge in [-0.15, -0.1) is 0 Å². The van der Waals surface area contributed by atoms with E-state index < -0.39 is 0 Å². The average Bonchev–Trinajstić information content (AvgIpc) is 2.86. The van der Waals surface area contributed by atoms with Gasteiger partial charge in [-0.3, -0.25) is 4.90 Å². The van der Waals surface area contributed by atoms with E-state index in [1.165, 1.54) is 37.2 Å². The Balaban J connectivity index is 1.71. The average molecular weight is 313 g/mol.